The van der Waals surface area contributed by atoms with Gasteiger partial charge in [-0.2, -0.15) is 0 Å². The van der Waals surface area contributed by atoms with E-state index in [1.807, 2.05) is 42.3 Å². The summed E-state index contributed by atoms with van der Waals surface area (Å²) in [5, 5.41) is 4.12. The maximum Gasteiger partial charge on any atom is 0.129 e. The Morgan fingerprint density at radius 3 is 2.70 bits per heavy atom. The Morgan fingerprint density at radius 2 is 1.90 bits per heavy atom. The van der Waals surface area contributed by atoms with Crippen molar-refractivity contribution in [3.05, 3.63) is 71.1 Å². The molecule has 2 heterocycles. The maximum atomic E-state index is 13.5. The molecule has 1 N–H and O–H groups in total. The summed E-state index contributed by atoms with van der Waals surface area (Å²) in [6.07, 6.45) is 7.89. The molecule has 0 spiro atoms. The number of hydrogen-bond acceptors (Lipinski definition) is 4. The fraction of sp³-hybridized carbons (Fsp3) is 0.333. The average molecular weight is 425 g/mol. The molecular weight excluding hydrogens is 399 g/mol. The highest BCUT2D eigenvalue weighted by atomic mass is 35.5. The summed E-state index contributed by atoms with van der Waals surface area (Å²) in [7, 11) is 1.95. The van der Waals surface area contributed by atoms with Crippen molar-refractivity contribution in [2.24, 2.45) is 0 Å². The van der Waals surface area contributed by atoms with Crippen molar-refractivity contribution in [2.75, 3.05) is 17.3 Å². The van der Waals surface area contributed by atoms with Gasteiger partial charge in [-0.05, 0) is 48.7 Å². The van der Waals surface area contributed by atoms with E-state index in [1.54, 1.807) is 18.3 Å². The van der Waals surface area contributed by atoms with Gasteiger partial charge in [0.1, 0.15) is 17.5 Å². The lowest BCUT2D eigenvalue weighted by Gasteiger charge is -2.23. The molecule has 1 aliphatic carbocycles. The summed E-state index contributed by atoms with van der Waals surface area (Å²) >= 11 is 6.47. The van der Waals surface area contributed by atoms with Crippen LogP contribution in [-0.4, -0.2) is 23.1 Å². The van der Waals surface area contributed by atoms with Crippen LogP contribution in [0.1, 0.15) is 37.7 Å². The molecule has 0 amide bonds. The highest BCUT2D eigenvalue weighted by Crippen LogP contribution is 2.30. The third-order valence-electron chi connectivity index (χ3n) is 5.52. The van der Waals surface area contributed by atoms with E-state index < -0.39 is 0 Å². The van der Waals surface area contributed by atoms with E-state index in [0.29, 0.717) is 17.6 Å². The molecule has 0 atom stereocenters. The van der Waals surface area contributed by atoms with Crippen LogP contribution >= 0.6 is 11.6 Å². The Kier molecular flexibility index (Phi) is 6.48. The number of rotatable bonds is 6. The van der Waals surface area contributed by atoms with Crippen LogP contribution in [0.2, 0.25) is 5.02 Å². The second-order valence-corrected chi connectivity index (χ2v) is 8.30. The molecular formula is C24H26ClFN4. The van der Waals surface area contributed by atoms with Gasteiger partial charge in [-0.3, -0.25) is 0 Å². The molecule has 1 aromatic carbocycles. The normalized spacial score (nSPS) is 14.5. The van der Waals surface area contributed by atoms with Gasteiger partial charge >= 0.3 is 0 Å². The SMILES string of the molecule is CN(Cc1cccc(F)c1)c1cccc(-c2cc(NC3CCCCC3)ncc2Cl)n1. The third-order valence-corrected chi connectivity index (χ3v) is 5.82. The molecule has 2 aromatic heterocycles. The number of nitrogens with one attached hydrogen (secondary N) is 1. The summed E-state index contributed by atoms with van der Waals surface area (Å²) in [5.41, 5.74) is 2.54. The first-order chi connectivity index (χ1) is 14.6. The van der Waals surface area contributed by atoms with Crippen LogP contribution in [0.4, 0.5) is 16.0 Å². The Balaban J connectivity index is 1.54. The quantitative estimate of drug-likeness (QED) is 0.502. The number of benzene rings is 1. The lowest BCUT2D eigenvalue weighted by molar-refractivity contribution is 0.462. The van der Waals surface area contributed by atoms with Gasteiger partial charge in [0.25, 0.3) is 0 Å². The van der Waals surface area contributed by atoms with Gasteiger partial charge in [-0.1, -0.05) is 49.1 Å². The second-order valence-electron chi connectivity index (χ2n) is 7.90. The molecule has 0 saturated heterocycles. The van der Waals surface area contributed by atoms with Crippen LogP contribution < -0.4 is 10.2 Å². The van der Waals surface area contributed by atoms with Gasteiger partial charge in [0, 0.05) is 31.4 Å². The zero-order valence-electron chi connectivity index (χ0n) is 17.1. The molecule has 1 saturated carbocycles. The van der Waals surface area contributed by atoms with Crippen LogP contribution in [-0.2, 0) is 6.54 Å². The summed E-state index contributed by atoms with van der Waals surface area (Å²) in [5.74, 6) is 1.40. The third kappa shape index (κ3) is 5.08. The minimum Gasteiger partial charge on any atom is -0.367 e. The van der Waals surface area contributed by atoms with E-state index in [1.165, 1.54) is 38.2 Å². The monoisotopic (exact) mass is 424 g/mol. The number of pyridine rings is 2. The molecule has 3 aromatic rings. The molecule has 0 unspecified atom stereocenters. The van der Waals surface area contributed by atoms with E-state index in [9.17, 15) is 4.39 Å². The second kappa shape index (κ2) is 9.43. The molecule has 4 rings (SSSR count). The Labute approximate surface area is 182 Å². The first kappa shape index (κ1) is 20.6. The zero-order chi connectivity index (χ0) is 20.9. The van der Waals surface area contributed by atoms with Crippen molar-refractivity contribution in [1.82, 2.24) is 9.97 Å². The van der Waals surface area contributed by atoms with E-state index >= 15 is 0 Å². The molecule has 1 aliphatic rings. The molecule has 1 fully saturated rings. The zero-order valence-corrected chi connectivity index (χ0v) is 17.9. The molecule has 156 valence electrons. The number of nitrogens with zero attached hydrogens (tertiary/aromatic N) is 3. The molecule has 30 heavy (non-hydrogen) atoms. The van der Waals surface area contributed by atoms with E-state index in [-0.39, 0.29) is 5.82 Å². The highest BCUT2D eigenvalue weighted by Gasteiger charge is 2.15. The minimum atomic E-state index is -0.232. The molecule has 0 radical (unpaired) electrons. The van der Waals surface area contributed by atoms with Crippen LogP contribution in [0.5, 0.6) is 0 Å². The molecule has 0 aliphatic heterocycles. The van der Waals surface area contributed by atoms with Gasteiger partial charge in [-0.15, -0.1) is 0 Å². The lowest BCUT2D eigenvalue weighted by atomic mass is 9.95. The van der Waals surface area contributed by atoms with Crippen molar-refractivity contribution >= 4 is 23.2 Å². The largest absolute Gasteiger partial charge is 0.367 e. The van der Waals surface area contributed by atoms with Gasteiger partial charge in [0.2, 0.25) is 0 Å². The summed E-state index contributed by atoms with van der Waals surface area (Å²) in [6, 6.07) is 14.9. The first-order valence-electron chi connectivity index (χ1n) is 10.4. The Bertz CT molecular complexity index is 1000. The Morgan fingerprint density at radius 1 is 1.10 bits per heavy atom. The topological polar surface area (TPSA) is 41.0 Å². The van der Waals surface area contributed by atoms with Crippen LogP contribution in [0.25, 0.3) is 11.3 Å². The number of halogens is 2. The highest BCUT2D eigenvalue weighted by molar-refractivity contribution is 6.33. The predicted molar refractivity (Wildman–Crippen MR) is 121 cm³/mol. The van der Waals surface area contributed by atoms with Gasteiger partial charge in [0.15, 0.2) is 0 Å². The van der Waals surface area contributed by atoms with E-state index in [4.69, 9.17) is 16.6 Å². The molecule has 0 bridgehead atoms. The summed E-state index contributed by atoms with van der Waals surface area (Å²) in [4.78, 5) is 11.3. The number of aromatic nitrogens is 2. The molecule has 4 nitrogen and oxygen atoms in total. The first-order valence-corrected chi connectivity index (χ1v) is 10.8. The van der Waals surface area contributed by atoms with Crippen LogP contribution in [0.15, 0.2) is 54.7 Å². The lowest BCUT2D eigenvalue weighted by Crippen LogP contribution is -2.22. The maximum absolute atomic E-state index is 13.5. The van der Waals surface area contributed by atoms with Crippen molar-refractivity contribution in [2.45, 2.75) is 44.7 Å². The van der Waals surface area contributed by atoms with Gasteiger partial charge in [-0.25, -0.2) is 14.4 Å². The van der Waals surface area contributed by atoms with Gasteiger partial charge in [0.05, 0.1) is 10.7 Å². The van der Waals surface area contributed by atoms with Crippen LogP contribution in [0, 0.1) is 5.82 Å². The van der Waals surface area contributed by atoms with Crippen molar-refractivity contribution in [1.29, 1.82) is 0 Å². The Hall–Kier alpha value is -2.66. The van der Waals surface area contributed by atoms with Crippen LogP contribution in [0.3, 0.4) is 0 Å². The fourth-order valence-corrected chi connectivity index (χ4v) is 4.15. The average Bonchev–Trinajstić information content (AvgIpc) is 2.76. The standard InChI is InChI=1S/C24H26ClFN4/c1-30(16-17-7-5-8-18(26)13-17)24-12-6-11-22(29-24)20-14-23(27-15-21(20)25)28-19-9-3-2-4-10-19/h5-8,11-15,19H,2-4,9-10,16H2,1H3,(H,27,28). The van der Waals surface area contributed by atoms with E-state index in [0.717, 1.165) is 28.5 Å². The van der Waals surface area contributed by atoms with Crippen molar-refractivity contribution < 1.29 is 4.39 Å². The summed E-state index contributed by atoms with van der Waals surface area (Å²) in [6.45, 7) is 0.562. The van der Waals surface area contributed by atoms with Crippen molar-refractivity contribution in [3.8, 4) is 11.3 Å². The predicted octanol–water partition coefficient (Wildman–Crippen LogP) is 6.32. The minimum absolute atomic E-state index is 0.232. The molecule has 6 heteroatoms. The van der Waals surface area contributed by atoms with Crippen molar-refractivity contribution in [3.63, 3.8) is 0 Å². The smallest absolute Gasteiger partial charge is 0.129 e. The summed E-state index contributed by atoms with van der Waals surface area (Å²) < 4.78 is 13.5. The number of anilines is 2. The van der Waals surface area contributed by atoms with Gasteiger partial charge < -0.3 is 10.2 Å². The number of hydrogen-bond donors (Lipinski definition) is 1. The fourth-order valence-electron chi connectivity index (χ4n) is 3.95. The van der Waals surface area contributed by atoms with E-state index in [2.05, 4.69) is 10.3 Å².